The van der Waals surface area contributed by atoms with Crippen LogP contribution in [-0.2, 0) is 0 Å². The maximum Gasteiger partial charge on any atom is 0.343 e. The molecule has 2 aromatic carbocycles. The number of nitriles is 1. The average Bonchev–Trinajstić information content (AvgIpc) is 2.69. The highest BCUT2D eigenvalue weighted by atomic mass is 79.9. The van der Waals surface area contributed by atoms with Crippen molar-refractivity contribution in [2.45, 2.75) is 6.92 Å². The number of aromatic nitrogens is 1. The van der Waals surface area contributed by atoms with Crippen LogP contribution in [0.1, 0.15) is 21.6 Å². The quantitative estimate of drug-likeness (QED) is 0.486. The second-order valence-corrected chi connectivity index (χ2v) is 6.78. The number of carbonyl (C=O) groups excluding carboxylic acids is 1. The highest BCUT2D eigenvalue weighted by Crippen LogP contribution is 2.40. The zero-order chi connectivity index (χ0) is 20.3. The minimum Gasteiger partial charge on any atom is -0.493 e. The standard InChI is InChI=1S/C21H15BrN2O4/c1-12-8-15(16(11-23)20(25)24-12)14-9-17(22)19(18(10-14)27-2)28-21(26)13-6-4-3-5-7-13/h3-10H,1-2H3,(H,24,25). The normalized spacial score (nSPS) is 10.2. The van der Waals surface area contributed by atoms with Crippen molar-refractivity contribution in [2.24, 2.45) is 0 Å². The number of rotatable bonds is 4. The van der Waals surface area contributed by atoms with Gasteiger partial charge in [0.15, 0.2) is 11.5 Å². The first-order chi connectivity index (χ1) is 13.4. The number of ether oxygens (including phenoxy) is 2. The molecule has 0 bridgehead atoms. The van der Waals surface area contributed by atoms with Crippen molar-refractivity contribution < 1.29 is 14.3 Å². The molecule has 0 aliphatic carbocycles. The SMILES string of the molecule is COc1cc(-c2cc(C)[nH]c(=O)c2C#N)cc(Br)c1OC(=O)c1ccccc1. The van der Waals surface area contributed by atoms with E-state index in [9.17, 15) is 14.9 Å². The largest absolute Gasteiger partial charge is 0.493 e. The van der Waals surface area contributed by atoms with Gasteiger partial charge in [-0.1, -0.05) is 18.2 Å². The Hall–Kier alpha value is -3.37. The molecule has 0 saturated heterocycles. The van der Waals surface area contributed by atoms with Gasteiger partial charge in [0, 0.05) is 11.3 Å². The van der Waals surface area contributed by atoms with Gasteiger partial charge in [-0.25, -0.2) is 4.79 Å². The maximum atomic E-state index is 12.4. The molecule has 1 aromatic heterocycles. The highest BCUT2D eigenvalue weighted by Gasteiger charge is 2.19. The number of hydrogen-bond donors (Lipinski definition) is 1. The fourth-order valence-electron chi connectivity index (χ4n) is 2.73. The Morgan fingerprint density at radius 1 is 1.18 bits per heavy atom. The summed E-state index contributed by atoms with van der Waals surface area (Å²) in [5.41, 5.74) is 1.59. The van der Waals surface area contributed by atoms with E-state index in [-0.39, 0.29) is 17.1 Å². The summed E-state index contributed by atoms with van der Waals surface area (Å²) in [7, 11) is 1.44. The zero-order valence-corrected chi connectivity index (χ0v) is 16.7. The van der Waals surface area contributed by atoms with Crippen LogP contribution in [-0.4, -0.2) is 18.1 Å². The van der Waals surface area contributed by atoms with Crippen LogP contribution >= 0.6 is 15.9 Å². The van der Waals surface area contributed by atoms with E-state index in [2.05, 4.69) is 20.9 Å². The predicted molar refractivity (Wildman–Crippen MR) is 108 cm³/mol. The van der Waals surface area contributed by atoms with Crippen LogP contribution < -0.4 is 15.0 Å². The number of pyridine rings is 1. The number of aromatic amines is 1. The van der Waals surface area contributed by atoms with E-state index in [1.54, 1.807) is 55.5 Å². The molecule has 0 atom stereocenters. The first kappa shape index (κ1) is 19.4. The van der Waals surface area contributed by atoms with Crippen molar-refractivity contribution in [3.05, 3.63) is 80.2 Å². The highest BCUT2D eigenvalue weighted by molar-refractivity contribution is 9.10. The van der Waals surface area contributed by atoms with Gasteiger partial charge in [0.05, 0.1) is 17.1 Å². The van der Waals surface area contributed by atoms with Crippen LogP contribution in [0.4, 0.5) is 0 Å². The Bertz CT molecular complexity index is 1150. The third-order valence-corrected chi connectivity index (χ3v) is 4.61. The smallest absolute Gasteiger partial charge is 0.343 e. The van der Waals surface area contributed by atoms with Gasteiger partial charge < -0.3 is 14.5 Å². The lowest BCUT2D eigenvalue weighted by Crippen LogP contribution is -2.13. The molecule has 3 rings (SSSR count). The number of benzene rings is 2. The van der Waals surface area contributed by atoms with E-state index in [1.165, 1.54) is 7.11 Å². The number of carbonyl (C=O) groups is 1. The molecule has 3 aromatic rings. The molecule has 0 saturated carbocycles. The second kappa shape index (κ2) is 8.11. The molecule has 6 nitrogen and oxygen atoms in total. The molecule has 0 spiro atoms. The minimum atomic E-state index is -0.530. The second-order valence-electron chi connectivity index (χ2n) is 5.93. The molecule has 0 radical (unpaired) electrons. The number of methoxy groups -OCH3 is 1. The summed E-state index contributed by atoms with van der Waals surface area (Å²) in [6.07, 6.45) is 0. The Kier molecular flexibility index (Phi) is 5.62. The third-order valence-electron chi connectivity index (χ3n) is 4.02. The zero-order valence-electron chi connectivity index (χ0n) is 15.1. The number of halogens is 1. The van der Waals surface area contributed by atoms with Gasteiger partial charge in [-0.15, -0.1) is 0 Å². The number of hydrogen-bond acceptors (Lipinski definition) is 5. The molecule has 7 heteroatoms. The monoisotopic (exact) mass is 438 g/mol. The molecular weight excluding hydrogens is 424 g/mol. The summed E-state index contributed by atoms with van der Waals surface area (Å²) >= 11 is 3.39. The predicted octanol–water partition coefficient (Wildman–Crippen LogP) is 4.21. The van der Waals surface area contributed by atoms with E-state index in [0.717, 1.165) is 0 Å². The van der Waals surface area contributed by atoms with Crippen molar-refractivity contribution in [1.29, 1.82) is 5.26 Å². The van der Waals surface area contributed by atoms with Gasteiger partial charge in [0.2, 0.25) is 0 Å². The molecule has 140 valence electrons. The molecular formula is C21H15BrN2O4. The molecule has 1 heterocycles. The summed E-state index contributed by atoms with van der Waals surface area (Å²) in [6, 6.07) is 15.5. The summed E-state index contributed by atoms with van der Waals surface area (Å²) < 4.78 is 11.3. The lowest BCUT2D eigenvalue weighted by atomic mass is 10.0. The van der Waals surface area contributed by atoms with Crippen LogP contribution in [0, 0.1) is 18.3 Å². The van der Waals surface area contributed by atoms with Crippen molar-refractivity contribution in [2.75, 3.05) is 7.11 Å². The summed E-state index contributed by atoms with van der Waals surface area (Å²) in [5.74, 6) is -0.0345. The minimum absolute atomic E-state index is 0.00594. The Morgan fingerprint density at radius 3 is 2.54 bits per heavy atom. The number of nitrogens with zero attached hydrogens (tertiary/aromatic N) is 1. The third kappa shape index (κ3) is 3.82. The van der Waals surface area contributed by atoms with Crippen LogP contribution in [0.15, 0.2) is 57.8 Å². The number of aryl methyl sites for hydroxylation is 1. The van der Waals surface area contributed by atoms with Gasteiger partial charge in [-0.2, -0.15) is 5.26 Å². The van der Waals surface area contributed by atoms with Crippen molar-refractivity contribution in [3.63, 3.8) is 0 Å². The topological polar surface area (TPSA) is 92.2 Å². The van der Waals surface area contributed by atoms with Crippen LogP contribution in [0.3, 0.4) is 0 Å². The molecule has 0 unspecified atom stereocenters. The Labute approximate surface area is 169 Å². The molecule has 0 amide bonds. The molecule has 1 N–H and O–H groups in total. The fourth-order valence-corrected chi connectivity index (χ4v) is 3.25. The molecule has 28 heavy (non-hydrogen) atoms. The van der Waals surface area contributed by atoms with Crippen LogP contribution in [0.5, 0.6) is 11.5 Å². The van der Waals surface area contributed by atoms with Gasteiger partial charge in [0.1, 0.15) is 11.6 Å². The van der Waals surface area contributed by atoms with E-state index in [1.807, 2.05) is 6.07 Å². The first-order valence-electron chi connectivity index (χ1n) is 8.23. The van der Waals surface area contributed by atoms with E-state index in [4.69, 9.17) is 9.47 Å². The first-order valence-corrected chi connectivity index (χ1v) is 9.03. The molecule has 0 aliphatic rings. The van der Waals surface area contributed by atoms with E-state index >= 15 is 0 Å². The summed E-state index contributed by atoms with van der Waals surface area (Å²) in [4.78, 5) is 27.1. The van der Waals surface area contributed by atoms with Crippen LogP contribution in [0.2, 0.25) is 0 Å². The van der Waals surface area contributed by atoms with Gasteiger partial charge in [0.25, 0.3) is 5.56 Å². The van der Waals surface area contributed by atoms with Crippen molar-refractivity contribution in [1.82, 2.24) is 4.98 Å². The van der Waals surface area contributed by atoms with Gasteiger partial charge in [-0.3, -0.25) is 4.79 Å². The van der Waals surface area contributed by atoms with Crippen molar-refractivity contribution >= 4 is 21.9 Å². The van der Waals surface area contributed by atoms with Crippen molar-refractivity contribution in [3.8, 4) is 28.7 Å². The maximum absolute atomic E-state index is 12.4. The number of esters is 1. The Balaban J connectivity index is 2.08. The lowest BCUT2D eigenvalue weighted by Gasteiger charge is -2.14. The van der Waals surface area contributed by atoms with Gasteiger partial charge in [-0.05, 0) is 58.7 Å². The average molecular weight is 439 g/mol. The molecule has 0 aliphatic heterocycles. The number of nitrogens with one attached hydrogen (secondary N) is 1. The van der Waals surface area contributed by atoms with E-state index in [0.29, 0.717) is 26.9 Å². The lowest BCUT2D eigenvalue weighted by molar-refractivity contribution is 0.0728. The summed E-state index contributed by atoms with van der Waals surface area (Å²) in [5, 5.41) is 9.36. The number of H-pyrrole nitrogens is 1. The fraction of sp³-hybridized carbons (Fsp3) is 0.0952. The van der Waals surface area contributed by atoms with Crippen LogP contribution in [0.25, 0.3) is 11.1 Å². The molecule has 0 fully saturated rings. The van der Waals surface area contributed by atoms with Gasteiger partial charge >= 0.3 is 5.97 Å². The Morgan fingerprint density at radius 2 is 1.89 bits per heavy atom. The van der Waals surface area contributed by atoms with E-state index < -0.39 is 11.5 Å². The summed E-state index contributed by atoms with van der Waals surface area (Å²) in [6.45, 7) is 1.73.